The van der Waals surface area contributed by atoms with Gasteiger partial charge in [-0.05, 0) is 40.5 Å². The summed E-state index contributed by atoms with van der Waals surface area (Å²) in [5, 5.41) is 6.35. The fraction of sp³-hybridized carbons (Fsp3) is 0.333. The van der Waals surface area contributed by atoms with Gasteiger partial charge in [-0.25, -0.2) is 14.4 Å². The van der Waals surface area contributed by atoms with Gasteiger partial charge in [-0.3, -0.25) is 0 Å². The molecule has 2 N–H and O–H groups in total. The van der Waals surface area contributed by atoms with Gasteiger partial charge in [0.05, 0.1) is 4.47 Å². The molecule has 2 rings (SSSR count). The topological polar surface area (TPSA) is 49.8 Å². The van der Waals surface area contributed by atoms with E-state index in [2.05, 4.69) is 43.5 Å². The summed E-state index contributed by atoms with van der Waals surface area (Å²) in [5.74, 6) is 1.87. The average molecular weight is 353 g/mol. The minimum absolute atomic E-state index is 0.311. The van der Waals surface area contributed by atoms with E-state index in [0.717, 1.165) is 31.0 Å². The number of benzene rings is 1. The van der Waals surface area contributed by atoms with Crippen molar-refractivity contribution >= 4 is 33.3 Å². The molecule has 2 aromatic rings. The van der Waals surface area contributed by atoms with Crippen molar-refractivity contribution in [1.82, 2.24) is 9.97 Å². The Bertz CT molecular complexity index is 619. The zero-order valence-electron chi connectivity index (χ0n) is 12.1. The maximum Gasteiger partial charge on any atom is 0.139 e. The molecule has 0 unspecified atom stereocenters. The molecule has 0 aliphatic rings. The normalized spacial score (nSPS) is 10.5. The maximum atomic E-state index is 13.5. The lowest BCUT2D eigenvalue weighted by molar-refractivity contribution is 0.622. The Morgan fingerprint density at radius 2 is 1.90 bits per heavy atom. The van der Waals surface area contributed by atoms with Crippen LogP contribution < -0.4 is 10.6 Å². The van der Waals surface area contributed by atoms with E-state index in [1.165, 1.54) is 6.07 Å². The molecule has 21 heavy (non-hydrogen) atoms. The predicted octanol–water partition coefficient (Wildman–Crippen LogP) is 4.51. The average Bonchev–Trinajstić information content (AvgIpc) is 2.48. The molecule has 0 radical (unpaired) electrons. The molecule has 6 heteroatoms. The van der Waals surface area contributed by atoms with E-state index in [4.69, 9.17) is 0 Å². The van der Waals surface area contributed by atoms with Crippen molar-refractivity contribution in [3.05, 3.63) is 40.4 Å². The first kappa shape index (κ1) is 15.7. The lowest BCUT2D eigenvalue weighted by Crippen LogP contribution is -2.06. The Kier molecular flexibility index (Phi) is 5.50. The summed E-state index contributed by atoms with van der Waals surface area (Å²) in [6.45, 7) is 4.95. The second-order valence-corrected chi connectivity index (χ2v) is 5.44. The van der Waals surface area contributed by atoms with Gasteiger partial charge in [0.25, 0.3) is 0 Å². The van der Waals surface area contributed by atoms with Crippen molar-refractivity contribution < 1.29 is 4.39 Å². The minimum atomic E-state index is -0.311. The lowest BCUT2D eigenvalue weighted by Gasteiger charge is -2.11. The molecule has 0 amide bonds. The number of nitrogens with zero attached hydrogens (tertiary/aromatic N) is 2. The standard InChI is InChI=1S/C15H18BrFN4/c1-3-7-18-14-9-15(21-13(4-2)20-14)19-10-5-6-11(16)12(17)8-10/h5-6,8-9H,3-4,7H2,1-2H3,(H2,18,19,20,21). The number of hydrogen-bond donors (Lipinski definition) is 2. The van der Waals surface area contributed by atoms with E-state index in [1.54, 1.807) is 12.1 Å². The molecule has 0 saturated heterocycles. The molecule has 0 atom stereocenters. The molecule has 0 saturated carbocycles. The van der Waals surface area contributed by atoms with Crippen LogP contribution in [-0.4, -0.2) is 16.5 Å². The summed E-state index contributed by atoms with van der Waals surface area (Å²) < 4.78 is 14.0. The van der Waals surface area contributed by atoms with E-state index < -0.39 is 0 Å². The van der Waals surface area contributed by atoms with Crippen LogP contribution in [0.4, 0.5) is 21.7 Å². The lowest BCUT2D eigenvalue weighted by atomic mass is 10.3. The number of rotatable bonds is 6. The van der Waals surface area contributed by atoms with Crippen LogP contribution in [0.2, 0.25) is 0 Å². The third-order valence-electron chi connectivity index (χ3n) is 2.84. The zero-order chi connectivity index (χ0) is 15.2. The van der Waals surface area contributed by atoms with Crippen molar-refractivity contribution in [2.75, 3.05) is 17.2 Å². The second-order valence-electron chi connectivity index (χ2n) is 4.59. The van der Waals surface area contributed by atoms with Crippen LogP contribution in [0.5, 0.6) is 0 Å². The Balaban J connectivity index is 2.23. The van der Waals surface area contributed by atoms with Crippen molar-refractivity contribution in [3.8, 4) is 0 Å². The largest absolute Gasteiger partial charge is 0.370 e. The Labute approximate surface area is 132 Å². The molecule has 112 valence electrons. The first-order valence-electron chi connectivity index (χ1n) is 6.96. The van der Waals surface area contributed by atoms with Gasteiger partial charge >= 0.3 is 0 Å². The Hall–Kier alpha value is -1.69. The highest BCUT2D eigenvalue weighted by atomic mass is 79.9. The van der Waals surface area contributed by atoms with Gasteiger partial charge in [-0.15, -0.1) is 0 Å². The van der Waals surface area contributed by atoms with Crippen LogP contribution in [0, 0.1) is 5.82 Å². The molecular formula is C15H18BrFN4. The highest BCUT2D eigenvalue weighted by molar-refractivity contribution is 9.10. The molecule has 0 aliphatic carbocycles. The molecule has 1 aromatic heterocycles. The monoisotopic (exact) mass is 352 g/mol. The SMILES string of the molecule is CCCNc1cc(Nc2ccc(Br)c(F)c2)nc(CC)n1. The van der Waals surface area contributed by atoms with Gasteiger partial charge in [0.1, 0.15) is 23.3 Å². The van der Waals surface area contributed by atoms with Crippen LogP contribution in [0.1, 0.15) is 26.1 Å². The van der Waals surface area contributed by atoms with Crippen LogP contribution in [0.25, 0.3) is 0 Å². The van der Waals surface area contributed by atoms with E-state index in [-0.39, 0.29) is 5.82 Å². The van der Waals surface area contributed by atoms with Gasteiger partial charge in [-0.2, -0.15) is 0 Å². The maximum absolute atomic E-state index is 13.5. The van der Waals surface area contributed by atoms with Crippen LogP contribution in [0.15, 0.2) is 28.7 Å². The fourth-order valence-corrected chi connectivity index (χ4v) is 2.03. The van der Waals surface area contributed by atoms with Gasteiger partial charge in [0.15, 0.2) is 0 Å². The van der Waals surface area contributed by atoms with Gasteiger partial charge in [0.2, 0.25) is 0 Å². The summed E-state index contributed by atoms with van der Waals surface area (Å²) >= 11 is 3.14. The number of halogens is 2. The van der Waals surface area contributed by atoms with E-state index >= 15 is 0 Å². The number of hydrogen-bond acceptors (Lipinski definition) is 4. The molecule has 1 aromatic carbocycles. The molecule has 1 heterocycles. The van der Waals surface area contributed by atoms with Gasteiger partial charge in [-0.1, -0.05) is 13.8 Å². The third kappa shape index (κ3) is 4.39. The van der Waals surface area contributed by atoms with E-state index in [9.17, 15) is 4.39 Å². The predicted molar refractivity (Wildman–Crippen MR) is 87.6 cm³/mol. The fourth-order valence-electron chi connectivity index (χ4n) is 1.78. The minimum Gasteiger partial charge on any atom is -0.370 e. The van der Waals surface area contributed by atoms with Crippen LogP contribution in [0.3, 0.4) is 0 Å². The zero-order valence-corrected chi connectivity index (χ0v) is 13.7. The van der Waals surface area contributed by atoms with Crippen molar-refractivity contribution in [3.63, 3.8) is 0 Å². The quantitative estimate of drug-likeness (QED) is 0.803. The molecule has 0 bridgehead atoms. The third-order valence-corrected chi connectivity index (χ3v) is 3.48. The van der Waals surface area contributed by atoms with Crippen LogP contribution in [-0.2, 0) is 6.42 Å². The smallest absolute Gasteiger partial charge is 0.139 e. The van der Waals surface area contributed by atoms with Crippen molar-refractivity contribution in [1.29, 1.82) is 0 Å². The van der Waals surface area contributed by atoms with Gasteiger partial charge in [0, 0.05) is 24.7 Å². The number of aryl methyl sites for hydroxylation is 1. The Morgan fingerprint density at radius 3 is 2.57 bits per heavy atom. The molecule has 0 fully saturated rings. The molecular weight excluding hydrogens is 335 g/mol. The van der Waals surface area contributed by atoms with E-state index in [0.29, 0.717) is 16.0 Å². The summed E-state index contributed by atoms with van der Waals surface area (Å²) in [6, 6.07) is 6.71. The number of anilines is 3. The highest BCUT2D eigenvalue weighted by Gasteiger charge is 2.05. The molecule has 0 aliphatic heterocycles. The van der Waals surface area contributed by atoms with Crippen molar-refractivity contribution in [2.45, 2.75) is 26.7 Å². The van der Waals surface area contributed by atoms with Crippen molar-refractivity contribution in [2.24, 2.45) is 0 Å². The van der Waals surface area contributed by atoms with Gasteiger partial charge < -0.3 is 10.6 Å². The first-order chi connectivity index (χ1) is 10.1. The summed E-state index contributed by atoms with van der Waals surface area (Å²) in [7, 11) is 0. The summed E-state index contributed by atoms with van der Waals surface area (Å²) in [5.41, 5.74) is 0.651. The van der Waals surface area contributed by atoms with Crippen LogP contribution >= 0.6 is 15.9 Å². The Morgan fingerprint density at radius 1 is 1.14 bits per heavy atom. The number of nitrogens with one attached hydrogen (secondary N) is 2. The molecule has 0 spiro atoms. The first-order valence-corrected chi connectivity index (χ1v) is 7.75. The summed E-state index contributed by atoms with van der Waals surface area (Å²) in [4.78, 5) is 8.83. The van der Waals surface area contributed by atoms with E-state index in [1.807, 2.05) is 13.0 Å². The highest BCUT2D eigenvalue weighted by Crippen LogP contribution is 2.22. The second kappa shape index (κ2) is 7.36. The molecule has 4 nitrogen and oxygen atoms in total. The number of aromatic nitrogens is 2. The summed E-state index contributed by atoms with van der Waals surface area (Å²) in [6.07, 6.45) is 1.76.